The van der Waals surface area contributed by atoms with Crippen LogP contribution in [0.4, 0.5) is 0 Å². The zero-order chi connectivity index (χ0) is 26.7. The molecular weight excluding hydrogens is 548 g/mol. The standard InChI is InChI=1S/2C9H24B2O3S3/c1-10-16(3,4)8-12-6-14-17(5,11-2)9-13-7-15;1-6-16(4,10-2)13-7-12-9-17(5,11-3)14-8-15/h2*15H,6-9H2,1-5H3. The minimum absolute atomic E-state index is 0.330. The molecule has 0 fully saturated rings. The first-order chi connectivity index (χ1) is 15.8. The first-order valence-electron chi connectivity index (χ1n) is 10.9. The van der Waals surface area contributed by atoms with Gasteiger partial charge in [0.15, 0.2) is 26.7 Å². The first kappa shape index (κ1) is 38.3. The SMILES string of the molecule is C[B]S(C)(C)COCOS(C)([B]C)COCS.C[B]S(C)(CC)OCOCS(C)([B]C)OCS. The molecular formula is C18H48B4O6S6. The summed E-state index contributed by atoms with van der Waals surface area (Å²) >= 11 is 8.10. The van der Waals surface area contributed by atoms with Crippen LogP contribution in [0.5, 0.6) is 0 Å². The molecule has 0 aliphatic rings. The fraction of sp³-hybridized carbons (Fsp3) is 1.00. The molecule has 6 nitrogen and oxygen atoms in total. The van der Waals surface area contributed by atoms with Crippen LogP contribution in [0.1, 0.15) is 6.92 Å². The highest BCUT2D eigenvalue weighted by Crippen LogP contribution is 2.46. The molecule has 0 aromatic heterocycles. The van der Waals surface area contributed by atoms with Gasteiger partial charge in [0.1, 0.15) is 5.94 Å². The summed E-state index contributed by atoms with van der Waals surface area (Å²) in [7, 11) is -4.34. The zero-order valence-electron chi connectivity index (χ0n) is 22.9. The first-order valence-corrected chi connectivity index (χ1v) is 21.4. The van der Waals surface area contributed by atoms with E-state index in [0.29, 0.717) is 37.3 Å². The topological polar surface area (TPSA) is 55.4 Å². The largest absolute Gasteiger partial charge is 0.361 e. The van der Waals surface area contributed by atoms with Crippen molar-refractivity contribution in [3.8, 4) is 0 Å². The van der Waals surface area contributed by atoms with Gasteiger partial charge >= 0.3 is 0 Å². The van der Waals surface area contributed by atoms with Crippen LogP contribution in [0, 0.1) is 0 Å². The van der Waals surface area contributed by atoms with Gasteiger partial charge in [-0.2, -0.15) is 55.7 Å². The van der Waals surface area contributed by atoms with Gasteiger partial charge in [-0.05, 0) is 37.0 Å². The van der Waals surface area contributed by atoms with Crippen LogP contribution >= 0.6 is 65.6 Å². The lowest BCUT2D eigenvalue weighted by Crippen LogP contribution is -2.18. The Balaban J connectivity index is 0. The Morgan fingerprint density at radius 2 is 1.00 bits per heavy atom. The van der Waals surface area contributed by atoms with Crippen molar-refractivity contribution in [3.63, 3.8) is 0 Å². The molecule has 0 bridgehead atoms. The number of hydrogen-bond acceptors (Lipinski definition) is 8. The lowest BCUT2D eigenvalue weighted by molar-refractivity contribution is 0.0508. The molecule has 204 valence electrons. The van der Waals surface area contributed by atoms with E-state index in [2.05, 4.69) is 96.5 Å². The summed E-state index contributed by atoms with van der Waals surface area (Å²) < 4.78 is 33.6. The maximum atomic E-state index is 5.78. The molecule has 3 unspecified atom stereocenters. The van der Waals surface area contributed by atoms with E-state index in [-0.39, 0.29) is 0 Å². The minimum Gasteiger partial charge on any atom is -0.361 e. The van der Waals surface area contributed by atoms with E-state index < -0.39 is 40.4 Å². The fourth-order valence-electron chi connectivity index (χ4n) is 1.79. The molecule has 0 saturated carbocycles. The van der Waals surface area contributed by atoms with E-state index in [1.54, 1.807) is 0 Å². The van der Waals surface area contributed by atoms with Gasteiger partial charge in [-0.1, -0.05) is 34.2 Å². The Hall–Kier alpha value is 2.12. The molecule has 0 N–H and O–H groups in total. The summed E-state index contributed by atoms with van der Waals surface area (Å²) in [5.41, 5.74) is 0. The normalized spacial score (nSPS) is 20.1. The maximum Gasteiger partial charge on any atom is 0.202 e. The third kappa shape index (κ3) is 19.2. The second-order valence-electron chi connectivity index (χ2n) is 7.88. The monoisotopic (exact) mass is 596 g/mol. The van der Waals surface area contributed by atoms with Crippen molar-refractivity contribution in [1.29, 1.82) is 0 Å². The molecule has 16 heteroatoms. The average molecular weight is 596 g/mol. The third-order valence-corrected chi connectivity index (χ3v) is 14.8. The highest BCUT2D eigenvalue weighted by molar-refractivity contribution is 8.51. The Morgan fingerprint density at radius 1 is 0.559 bits per heavy atom. The molecule has 0 heterocycles. The van der Waals surface area contributed by atoms with E-state index in [4.69, 9.17) is 26.8 Å². The van der Waals surface area contributed by atoms with Gasteiger partial charge in [0.25, 0.3) is 0 Å². The number of thiol groups is 2. The van der Waals surface area contributed by atoms with Gasteiger partial charge in [0.05, 0.1) is 23.8 Å². The van der Waals surface area contributed by atoms with Gasteiger partial charge in [-0.25, -0.2) is 0 Å². The molecule has 0 amide bonds. The van der Waals surface area contributed by atoms with Crippen molar-refractivity contribution in [2.24, 2.45) is 0 Å². The van der Waals surface area contributed by atoms with Crippen LogP contribution in [0.2, 0.25) is 27.3 Å². The van der Waals surface area contributed by atoms with Crippen molar-refractivity contribution in [3.05, 3.63) is 0 Å². The lowest BCUT2D eigenvalue weighted by atomic mass is 10.2. The van der Waals surface area contributed by atoms with Crippen molar-refractivity contribution in [1.82, 2.24) is 0 Å². The Labute approximate surface area is 231 Å². The molecule has 0 aromatic rings. The van der Waals surface area contributed by atoms with E-state index in [1.807, 2.05) is 20.5 Å². The Bertz CT molecular complexity index is 502. The molecule has 34 heavy (non-hydrogen) atoms. The predicted octanol–water partition coefficient (Wildman–Crippen LogP) is 5.44. The second-order valence-corrected chi connectivity index (χ2v) is 22.0. The van der Waals surface area contributed by atoms with Crippen molar-refractivity contribution < 1.29 is 26.8 Å². The van der Waals surface area contributed by atoms with Gasteiger partial charge in [-0.3, -0.25) is 9.88 Å². The van der Waals surface area contributed by atoms with Gasteiger partial charge in [0, 0.05) is 0 Å². The Kier molecular flexibility index (Phi) is 23.6. The van der Waals surface area contributed by atoms with Crippen LogP contribution in [0.3, 0.4) is 0 Å². The summed E-state index contributed by atoms with van der Waals surface area (Å²) in [4.78, 5) is 0. The summed E-state index contributed by atoms with van der Waals surface area (Å²) in [6, 6.07) is 0. The second kappa shape index (κ2) is 21.0. The summed E-state index contributed by atoms with van der Waals surface area (Å²) in [6.45, 7) is 19.4. The van der Waals surface area contributed by atoms with Crippen LogP contribution in [-0.2, 0) is 26.8 Å². The minimum atomic E-state index is -1.29. The van der Waals surface area contributed by atoms with Crippen LogP contribution in [0.25, 0.3) is 0 Å². The quantitative estimate of drug-likeness (QED) is 0.0847. The third-order valence-electron chi connectivity index (χ3n) is 4.94. The number of ether oxygens (including phenoxy) is 3. The van der Waals surface area contributed by atoms with Crippen LogP contribution < -0.4 is 0 Å². The maximum absolute atomic E-state index is 5.78. The van der Waals surface area contributed by atoms with Crippen molar-refractivity contribution in [2.45, 2.75) is 34.2 Å². The zero-order valence-corrected chi connectivity index (χ0v) is 28.0. The van der Waals surface area contributed by atoms with Crippen LogP contribution in [-0.4, -0.2) is 107 Å². The fourth-order valence-corrected chi connectivity index (χ4v) is 6.30. The predicted molar refractivity (Wildman–Crippen MR) is 176 cm³/mol. The summed E-state index contributed by atoms with van der Waals surface area (Å²) in [5.74, 6) is 3.74. The number of hydrogen-bond donors (Lipinski definition) is 2. The molecule has 0 aromatic carbocycles. The molecule has 0 aliphatic carbocycles. The van der Waals surface area contributed by atoms with Crippen molar-refractivity contribution >= 4 is 91.8 Å². The van der Waals surface area contributed by atoms with Crippen LogP contribution in [0.15, 0.2) is 0 Å². The molecule has 0 saturated heterocycles. The molecule has 0 spiro atoms. The highest BCUT2D eigenvalue weighted by Gasteiger charge is 2.20. The molecule has 0 aliphatic heterocycles. The lowest BCUT2D eigenvalue weighted by Gasteiger charge is -2.35. The molecule has 3 atom stereocenters. The number of rotatable bonds is 20. The summed E-state index contributed by atoms with van der Waals surface area (Å²) in [5, 5.41) is 0. The van der Waals surface area contributed by atoms with Gasteiger partial charge in [-0.15, -0.1) is 0 Å². The van der Waals surface area contributed by atoms with E-state index in [9.17, 15) is 0 Å². The van der Waals surface area contributed by atoms with E-state index >= 15 is 0 Å². The van der Waals surface area contributed by atoms with Gasteiger partial charge in [0.2, 0.25) is 13.1 Å². The Morgan fingerprint density at radius 3 is 1.41 bits per heavy atom. The molecule has 0 rings (SSSR count). The van der Waals surface area contributed by atoms with E-state index in [0.717, 1.165) is 11.7 Å². The average Bonchev–Trinajstić information content (AvgIpc) is 2.83. The highest BCUT2D eigenvalue weighted by atomic mass is 32.3. The summed E-state index contributed by atoms with van der Waals surface area (Å²) in [6.07, 6.45) is 10.7. The van der Waals surface area contributed by atoms with Gasteiger partial charge < -0.3 is 26.8 Å². The molecule has 4 radical (unpaired) electrons. The van der Waals surface area contributed by atoms with E-state index in [1.165, 1.54) is 0 Å². The van der Waals surface area contributed by atoms with Crippen molar-refractivity contribution in [2.75, 3.05) is 80.3 Å². The smallest absolute Gasteiger partial charge is 0.202 e.